The second kappa shape index (κ2) is 11.1. The Hall–Kier alpha value is -2.48. The van der Waals surface area contributed by atoms with Crippen LogP contribution in [0.1, 0.15) is 55.7 Å². The molecule has 2 aromatic rings. The Labute approximate surface area is 190 Å². The Bertz CT molecular complexity index is 899. The number of carboxylic acids is 1. The summed E-state index contributed by atoms with van der Waals surface area (Å²) >= 11 is 0. The fourth-order valence-corrected chi connectivity index (χ4v) is 4.82. The first kappa shape index (κ1) is 25.1. The normalized spacial score (nSPS) is 20.5. The second-order valence-corrected chi connectivity index (χ2v) is 8.78. The molecule has 1 aliphatic heterocycles. The van der Waals surface area contributed by atoms with E-state index in [1.165, 1.54) is 12.1 Å². The van der Waals surface area contributed by atoms with Crippen molar-refractivity contribution in [2.45, 2.75) is 63.2 Å². The molecule has 3 nitrogen and oxygen atoms in total. The van der Waals surface area contributed by atoms with Gasteiger partial charge in [0.2, 0.25) is 0 Å². The predicted octanol–water partition coefficient (Wildman–Crippen LogP) is 6.54. The van der Waals surface area contributed by atoms with Crippen LogP contribution in [0.2, 0.25) is 0 Å². The molecule has 3 atom stereocenters. The highest BCUT2D eigenvalue weighted by molar-refractivity contribution is 5.67. The molecule has 8 heteroatoms. The molecule has 1 aliphatic rings. The van der Waals surface area contributed by atoms with E-state index in [0.717, 1.165) is 11.6 Å². The highest BCUT2D eigenvalue weighted by atomic mass is 19.4. The van der Waals surface area contributed by atoms with Gasteiger partial charge in [0, 0.05) is 31.0 Å². The van der Waals surface area contributed by atoms with Crippen LogP contribution in [0.5, 0.6) is 0 Å². The largest absolute Gasteiger partial charge is 0.481 e. The molecule has 0 aromatic heterocycles. The molecule has 1 heterocycles. The van der Waals surface area contributed by atoms with Crippen LogP contribution in [-0.2, 0) is 11.2 Å². The minimum absolute atomic E-state index is 0.0208. The van der Waals surface area contributed by atoms with E-state index >= 15 is 0 Å². The van der Waals surface area contributed by atoms with Gasteiger partial charge in [-0.15, -0.1) is 0 Å². The molecule has 0 spiro atoms. The van der Waals surface area contributed by atoms with E-state index in [1.807, 2.05) is 35.2 Å². The number of halogens is 5. The van der Waals surface area contributed by atoms with Crippen molar-refractivity contribution in [3.8, 4) is 0 Å². The van der Waals surface area contributed by atoms with Crippen molar-refractivity contribution in [3.05, 3.63) is 71.3 Å². The second-order valence-electron chi connectivity index (χ2n) is 8.78. The van der Waals surface area contributed by atoms with Gasteiger partial charge < -0.3 is 5.11 Å². The summed E-state index contributed by atoms with van der Waals surface area (Å²) in [5.41, 5.74) is 1.34. The van der Waals surface area contributed by atoms with E-state index in [0.29, 0.717) is 31.4 Å². The molecule has 0 radical (unpaired) electrons. The number of likely N-dealkylation sites (tertiary alicyclic amines) is 1. The maximum absolute atomic E-state index is 13.6. The summed E-state index contributed by atoms with van der Waals surface area (Å²) in [5, 5.41) is 9.23. The van der Waals surface area contributed by atoms with Crippen LogP contribution < -0.4 is 0 Å². The maximum atomic E-state index is 13.6. The minimum Gasteiger partial charge on any atom is -0.481 e. The third-order valence-corrected chi connectivity index (χ3v) is 6.32. The molecule has 33 heavy (non-hydrogen) atoms. The smallest absolute Gasteiger partial charge is 0.389 e. The van der Waals surface area contributed by atoms with Gasteiger partial charge in [-0.05, 0) is 67.8 Å². The molecule has 0 bridgehead atoms. The lowest BCUT2D eigenvalue weighted by molar-refractivity contribution is -0.141. The molecule has 1 N–H and O–H groups in total. The van der Waals surface area contributed by atoms with E-state index in [9.17, 15) is 31.9 Å². The molecule has 1 fully saturated rings. The standard InChI is InChI=1S/C25H28F5NO2/c26-20-12-17(13-21(27)16-20)6-7-22(8-10-25(28,29)30)31-11-9-18(15-24(32)33)14-23(31)19-4-2-1-3-5-19/h1-5,12-13,16,18,22-23H,6-11,14-15H2,(H,32,33)/t18-,22-,23+/m1/s1. The zero-order valence-corrected chi connectivity index (χ0v) is 18.2. The van der Waals surface area contributed by atoms with Gasteiger partial charge in [0.25, 0.3) is 0 Å². The lowest BCUT2D eigenvalue weighted by Gasteiger charge is -2.44. The molecule has 2 aromatic carbocycles. The van der Waals surface area contributed by atoms with Crippen LogP contribution in [0.25, 0.3) is 0 Å². The van der Waals surface area contributed by atoms with E-state index in [2.05, 4.69) is 0 Å². The van der Waals surface area contributed by atoms with E-state index in [1.54, 1.807) is 0 Å². The third kappa shape index (κ3) is 7.81. The number of nitrogens with zero attached hydrogens (tertiary/aromatic N) is 1. The molecule has 0 amide bonds. The highest BCUT2D eigenvalue weighted by Gasteiger charge is 2.36. The van der Waals surface area contributed by atoms with E-state index < -0.39 is 36.2 Å². The number of hydrogen-bond acceptors (Lipinski definition) is 2. The highest BCUT2D eigenvalue weighted by Crippen LogP contribution is 2.39. The summed E-state index contributed by atoms with van der Waals surface area (Å²) in [7, 11) is 0. The summed E-state index contributed by atoms with van der Waals surface area (Å²) in [6, 6.07) is 11.9. The van der Waals surface area contributed by atoms with Crippen LogP contribution in [0.15, 0.2) is 48.5 Å². The van der Waals surface area contributed by atoms with Gasteiger partial charge >= 0.3 is 12.1 Å². The predicted molar refractivity (Wildman–Crippen MR) is 115 cm³/mol. The molecule has 180 valence electrons. The Balaban J connectivity index is 1.84. The van der Waals surface area contributed by atoms with Crippen molar-refractivity contribution >= 4 is 5.97 Å². The molecule has 3 rings (SSSR count). The van der Waals surface area contributed by atoms with Crippen molar-refractivity contribution in [3.63, 3.8) is 0 Å². The van der Waals surface area contributed by atoms with Gasteiger partial charge in [-0.1, -0.05) is 30.3 Å². The monoisotopic (exact) mass is 469 g/mol. The molecule has 1 saturated heterocycles. The lowest BCUT2D eigenvalue weighted by atomic mass is 9.83. The van der Waals surface area contributed by atoms with Crippen LogP contribution in [0.4, 0.5) is 22.0 Å². The zero-order chi connectivity index (χ0) is 24.0. The van der Waals surface area contributed by atoms with Crippen LogP contribution in [0, 0.1) is 17.6 Å². The Morgan fingerprint density at radius 2 is 1.73 bits per heavy atom. The van der Waals surface area contributed by atoms with Gasteiger partial charge in [0.1, 0.15) is 11.6 Å². The number of rotatable bonds is 9. The number of alkyl halides is 3. The van der Waals surface area contributed by atoms with Crippen molar-refractivity contribution in [2.24, 2.45) is 5.92 Å². The number of hydrogen-bond donors (Lipinski definition) is 1. The number of carboxylic acid groups (broad SMARTS) is 1. The van der Waals surface area contributed by atoms with Crippen molar-refractivity contribution < 1.29 is 31.9 Å². The summed E-state index contributed by atoms with van der Waals surface area (Å²) < 4.78 is 66.5. The molecule has 0 saturated carbocycles. The van der Waals surface area contributed by atoms with Crippen molar-refractivity contribution in [1.29, 1.82) is 0 Å². The van der Waals surface area contributed by atoms with Crippen LogP contribution in [0.3, 0.4) is 0 Å². The van der Waals surface area contributed by atoms with Gasteiger partial charge in [-0.2, -0.15) is 13.2 Å². The Kier molecular flexibility index (Phi) is 8.46. The van der Waals surface area contributed by atoms with Crippen LogP contribution >= 0.6 is 0 Å². The minimum atomic E-state index is -4.31. The van der Waals surface area contributed by atoms with Crippen molar-refractivity contribution in [2.75, 3.05) is 6.54 Å². The lowest BCUT2D eigenvalue weighted by Crippen LogP contribution is -2.44. The molecule has 0 aliphatic carbocycles. The average Bonchev–Trinajstić information content (AvgIpc) is 2.73. The van der Waals surface area contributed by atoms with Gasteiger partial charge in [0.15, 0.2) is 0 Å². The summed E-state index contributed by atoms with van der Waals surface area (Å²) in [4.78, 5) is 13.3. The quantitative estimate of drug-likeness (QED) is 0.424. The van der Waals surface area contributed by atoms with E-state index in [-0.39, 0.29) is 31.2 Å². The first-order chi connectivity index (χ1) is 15.6. The van der Waals surface area contributed by atoms with Gasteiger partial charge in [-0.25, -0.2) is 8.78 Å². The topological polar surface area (TPSA) is 40.5 Å². The van der Waals surface area contributed by atoms with Crippen LogP contribution in [-0.4, -0.2) is 34.7 Å². The summed E-state index contributed by atoms with van der Waals surface area (Å²) in [6.45, 7) is 0.470. The zero-order valence-electron chi connectivity index (χ0n) is 18.2. The van der Waals surface area contributed by atoms with E-state index in [4.69, 9.17) is 0 Å². The fourth-order valence-electron chi connectivity index (χ4n) is 4.82. The maximum Gasteiger partial charge on any atom is 0.389 e. The number of piperidine rings is 1. The third-order valence-electron chi connectivity index (χ3n) is 6.32. The first-order valence-corrected chi connectivity index (χ1v) is 11.1. The Morgan fingerprint density at radius 3 is 2.33 bits per heavy atom. The Morgan fingerprint density at radius 1 is 1.06 bits per heavy atom. The number of carbonyl (C=O) groups is 1. The number of benzene rings is 2. The SMILES string of the molecule is O=C(O)C[C@@H]1CCN([C@H](CCc2cc(F)cc(F)c2)CCC(F)(F)F)[C@H](c2ccccc2)C1. The van der Waals surface area contributed by atoms with Gasteiger partial charge in [0.05, 0.1) is 0 Å². The van der Waals surface area contributed by atoms with Gasteiger partial charge in [-0.3, -0.25) is 9.69 Å². The molecular formula is C25H28F5NO2. The number of aliphatic carboxylic acids is 1. The summed E-state index contributed by atoms with van der Waals surface area (Å²) in [6.07, 6.45) is -3.71. The fraction of sp³-hybridized carbons (Fsp3) is 0.480. The number of aryl methyl sites for hydroxylation is 1. The average molecular weight is 469 g/mol. The molecule has 0 unspecified atom stereocenters. The molecular weight excluding hydrogens is 441 g/mol. The summed E-state index contributed by atoms with van der Waals surface area (Å²) in [5.74, 6) is -2.38. The van der Waals surface area contributed by atoms with Crippen molar-refractivity contribution in [1.82, 2.24) is 4.90 Å². The first-order valence-electron chi connectivity index (χ1n) is 11.1.